The summed E-state index contributed by atoms with van der Waals surface area (Å²) in [6.07, 6.45) is 2.57. The first-order valence-electron chi connectivity index (χ1n) is 3.76. The highest BCUT2D eigenvalue weighted by Crippen LogP contribution is 2.23. The summed E-state index contributed by atoms with van der Waals surface area (Å²) in [4.78, 5) is 0. The van der Waals surface area contributed by atoms with Gasteiger partial charge in [0.1, 0.15) is 11.4 Å². The van der Waals surface area contributed by atoms with E-state index < -0.39 is 0 Å². The van der Waals surface area contributed by atoms with Crippen molar-refractivity contribution in [1.82, 2.24) is 0 Å². The molecule has 0 spiro atoms. The van der Waals surface area contributed by atoms with Gasteiger partial charge in [0, 0.05) is 5.92 Å². The van der Waals surface area contributed by atoms with Crippen LogP contribution in [0.25, 0.3) is 0 Å². The van der Waals surface area contributed by atoms with Crippen molar-refractivity contribution in [3.8, 4) is 0 Å². The molecule has 62 valence electrons. The van der Waals surface area contributed by atoms with Crippen LogP contribution in [0.2, 0.25) is 0 Å². The van der Waals surface area contributed by atoms with Crippen molar-refractivity contribution in [3.05, 3.63) is 0 Å². The Morgan fingerprint density at radius 3 is 2.64 bits per heavy atom. The summed E-state index contributed by atoms with van der Waals surface area (Å²) < 4.78 is 0. The first-order valence-corrected chi connectivity index (χ1v) is 3.76. The molecule has 4 nitrogen and oxygen atoms in total. The van der Waals surface area contributed by atoms with Crippen LogP contribution in [0.1, 0.15) is 26.2 Å². The smallest absolute Gasteiger partial charge is 0.107 e. The van der Waals surface area contributed by atoms with Crippen molar-refractivity contribution >= 4 is 11.4 Å². The second-order valence-corrected chi connectivity index (χ2v) is 2.68. The number of hydrogen-bond acceptors (Lipinski definition) is 4. The van der Waals surface area contributed by atoms with E-state index in [1.165, 1.54) is 0 Å². The molecule has 0 aromatic carbocycles. The van der Waals surface area contributed by atoms with Gasteiger partial charge < -0.3 is 10.4 Å². The molecular weight excluding hydrogens is 144 g/mol. The van der Waals surface area contributed by atoms with Gasteiger partial charge in [0.05, 0.1) is 0 Å². The summed E-state index contributed by atoms with van der Waals surface area (Å²) in [5.41, 5.74) is 1.08. The molecule has 4 heteroatoms. The van der Waals surface area contributed by atoms with Crippen LogP contribution in [0.4, 0.5) is 0 Å². The quantitative estimate of drug-likeness (QED) is 0.446. The van der Waals surface area contributed by atoms with Crippen LogP contribution < -0.4 is 0 Å². The molecule has 1 saturated carbocycles. The molecule has 0 amide bonds. The van der Waals surface area contributed by atoms with Crippen molar-refractivity contribution in [2.75, 3.05) is 0 Å². The first-order chi connectivity index (χ1) is 5.33. The number of nitrogens with zero attached hydrogens (tertiary/aromatic N) is 2. The second kappa shape index (κ2) is 3.37. The highest BCUT2D eigenvalue weighted by molar-refractivity contribution is 6.44. The molecule has 0 aromatic heterocycles. The molecule has 1 aliphatic carbocycles. The van der Waals surface area contributed by atoms with Gasteiger partial charge in [-0.15, -0.1) is 0 Å². The Labute approximate surface area is 65.2 Å². The van der Waals surface area contributed by atoms with E-state index in [4.69, 9.17) is 10.4 Å². The fraction of sp³-hybridized carbons (Fsp3) is 0.714. The van der Waals surface area contributed by atoms with Gasteiger partial charge in [-0.05, 0) is 19.3 Å². The highest BCUT2D eigenvalue weighted by atomic mass is 16.4. The fourth-order valence-corrected chi connectivity index (χ4v) is 1.45. The maximum absolute atomic E-state index is 8.57. The molecule has 0 aliphatic heterocycles. The summed E-state index contributed by atoms with van der Waals surface area (Å²) in [5.74, 6) is 0.269. The van der Waals surface area contributed by atoms with Crippen LogP contribution in [-0.2, 0) is 0 Å². The SMILES string of the molecule is CCC1CCC(=NO)C1=NO. The molecule has 2 N–H and O–H groups in total. The third kappa shape index (κ3) is 1.34. The Hall–Kier alpha value is -1.06. The molecule has 0 heterocycles. The number of rotatable bonds is 1. The van der Waals surface area contributed by atoms with E-state index in [0.29, 0.717) is 17.8 Å². The Kier molecular flexibility index (Phi) is 2.46. The van der Waals surface area contributed by atoms with Gasteiger partial charge >= 0.3 is 0 Å². The minimum Gasteiger partial charge on any atom is -0.411 e. The van der Waals surface area contributed by atoms with Crippen LogP contribution in [0, 0.1) is 5.92 Å². The number of oxime groups is 2. The van der Waals surface area contributed by atoms with Crippen LogP contribution >= 0.6 is 0 Å². The molecule has 1 aliphatic rings. The topological polar surface area (TPSA) is 65.2 Å². The monoisotopic (exact) mass is 156 g/mol. The molecule has 1 fully saturated rings. The Morgan fingerprint density at radius 1 is 1.45 bits per heavy atom. The van der Waals surface area contributed by atoms with E-state index in [0.717, 1.165) is 12.8 Å². The van der Waals surface area contributed by atoms with E-state index in [-0.39, 0.29) is 5.92 Å². The van der Waals surface area contributed by atoms with Crippen LogP contribution in [0.15, 0.2) is 10.3 Å². The summed E-state index contributed by atoms with van der Waals surface area (Å²) in [5, 5.41) is 23.2. The Balaban J connectivity index is 2.80. The van der Waals surface area contributed by atoms with Crippen LogP contribution in [-0.4, -0.2) is 21.8 Å². The summed E-state index contributed by atoms with van der Waals surface area (Å²) in [6, 6.07) is 0. The average Bonchev–Trinajstić information content (AvgIpc) is 2.45. The molecule has 0 aromatic rings. The lowest BCUT2D eigenvalue weighted by Crippen LogP contribution is -2.13. The predicted molar refractivity (Wildman–Crippen MR) is 41.5 cm³/mol. The van der Waals surface area contributed by atoms with Crippen molar-refractivity contribution in [2.45, 2.75) is 26.2 Å². The standard InChI is InChI=1S/C7H12N2O2/c1-2-5-3-4-6(8-10)7(5)9-11/h5,10-11H,2-4H2,1H3. The molecule has 0 bridgehead atoms. The summed E-state index contributed by atoms with van der Waals surface area (Å²) in [7, 11) is 0. The normalized spacial score (nSPS) is 31.9. The van der Waals surface area contributed by atoms with Crippen LogP contribution in [0.5, 0.6) is 0 Å². The van der Waals surface area contributed by atoms with Crippen molar-refractivity contribution in [1.29, 1.82) is 0 Å². The van der Waals surface area contributed by atoms with E-state index in [1.54, 1.807) is 0 Å². The maximum Gasteiger partial charge on any atom is 0.107 e. The van der Waals surface area contributed by atoms with Crippen molar-refractivity contribution in [2.24, 2.45) is 16.2 Å². The third-order valence-electron chi connectivity index (χ3n) is 2.13. The summed E-state index contributed by atoms with van der Waals surface area (Å²) in [6.45, 7) is 2.02. The van der Waals surface area contributed by atoms with Gasteiger partial charge in [-0.25, -0.2) is 0 Å². The zero-order chi connectivity index (χ0) is 8.27. The van der Waals surface area contributed by atoms with E-state index >= 15 is 0 Å². The molecule has 1 rings (SSSR count). The lowest BCUT2D eigenvalue weighted by atomic mass is 10.0. The molecule has 0 radical (unpaired) electrons. The molecule has 1 unspecified atom stereocenters. The van der Waals surface area contributed by atoms with Gasteiger partial charge in [0.15, 0.2) is 0 Å². The Morgan fingerprint density at radius 2 is 2.18 bits per heavy atom. The maximum atomic E-state index is 8.57. The lowest BCUT2D eigenvalue weighted by molar-refractivity contribution is 0.312. The van der Waals surface area contributed by atoms with Gasteiger partial charge in [0.25, 0.3) is 0 Å². The van der Waals surface area contributed by atoms with Gasteiger partial charge in [0.2, 0.25) is 0 Å². The molecule has 11 heavy (non-hydrogen) atoms. The highest BCUT2D eigenvalue weighted by Gasteiger charge is 2.28. The van der Waals surface area contributed by atoms with Crippen molar-refractivity contribution < 1.29 is 10.4 Å². The first kappa shape index (κ1) is 8.04. The van der Waals surface area contributed by atoms with E-state index in [1.807, 2.05) is 6.92 Å². The predicted octanol–water partition coefficient (Wildman–Crippen LogP) is 1.47. The zero-order valence-electron chi connectivity index (χ0n) is 6.49. The minimum atomic E-state index is 0.269. The van der Waals surface area contributed by atoms with E-state index in [9.17, 15) is 0 Å². The van der Waals surface area contributed by atoms with Gasteiger partial charge in [-0.3, -0.25) is 0 Å². The largest absolute Gasteiger partial charge is 0.411 e. The molecule has 1 atom stereocenters. The lowest BCUT2D eigenvalue weighted by Gasteiger charge is -2.02. The minimum absolute atomic E-state index is 0.269. The van der Waals surface area contributed by atoms with Crippen molar-refractivity contribution in [3.63, 3.8) is 0 Å². The average molecular weight is 156 g/mol. The Bertz CT molecular complexity index is 199. The second-order valence-electron chi connectivity index (χ2n) is 2.68. The fourth-order valence-electron chi connectivity index (χ4n) is 1.45. The zero-order valence-corrected chi connectivity index (χ0v) is 6.49. The molecular formula is C7H12N2O2. The van der Waals surface area contributed by atoms with Crippen LogP contribution in [0.3, 0.4) is 0 Å². The van der Waals surface area contributed by atoms with Gasteiger partial charge in [-0.1, -0.05) is 17.2 Å². The van der Waals surface area contributed by atoms with Gasteiger partial charge in [-0.2, -0.15) is 0 Å². The molecule has 0 saturated heterocycles. The number of hydrogen-bond donors (Lipinski definition) is 2. The summed E-state index contributed by atoms with van der Waals surface area (Å²) >= 11 is 0. The third-order valence-corrected chi connectivity index (χ3v) is 2.13. The van der Waals surface area contributed by atoms with E-state index in [2.05, 4.69) is 10.3 Å².